The molecule has 2 aliphatic carbocycles. The topological polar surface area (TPSA) is 17.8 Å². The van der Waals surface area contributed by atoms with Crippen molar-refractivity contribution in [3.8, 4) is 11.4 Å². The minimum Gasteiger partial charge on any atom is -0.327 e. The van der Waals surface area contributed by atoms with Crippen molar-refractivity contribution >= 4 is 24.3 Å². The molecule has 3 heteroatoms. The minimum absolute atomic E-state index is 0.132. The molecule has 0 atom stereocenters. The van der Waals surface area contributed by atoms with Gasteiger partial charge in [-0.2, -0.15) is 0 Å². The lowest BCUT2D eigenvalue weighted by molar-refractivity contribution is 0.487. The van der Waals surface area contributed by atoms with Crippen LogP contribution >= 0.6 is 7.92 Å². The molecule has 0 unspecified atom stereocenters. The number of nitrogens with zero attached hydrogens (tertiary/aromatic N) is 2. The van der Waals surface area contributed by atoms with Gasteiger partial charge in [0.2, 0.25) is 0 Å². The van der Waals surface area contributed by atoms with Gasteiger partial charge in [-0.15, -0.1) is 0 Å². The normalized spacial score (nSPS) is 19.2. The summed E-state index contributed by atoms with van der Waals surface area (Å²) >= 11 is 0. The fourth-order valence-corrected chi connectivity index (χ4v) is 9.62. The highest BCUT2D eigenvalue weighted by Crippen LogP contribution is 2.56. The zero-order valence-corrected chi connectivity index (χ0v) is 18.6. The number of hydrogen-bond acceptors (Lipinski definition) is 1. The number of rotatable bonds is 4. The second-order valence-electron chi connectivity index (χ2n) is 8.99. The molecule has 2 nitrogen and oxygen atoms in total. The molecule has 29 heavy (non-hydrogen) atoms. The Balaban J connectivity index is 1.62. The van der Waals surface area contributed by atoms with Gasteiger partial charge in [0.1, 0.15) is 5.82 Å². The van der Waals surface area contributed by atoms with Gasteiger partial charge >= 0.3 is 0 Å². The maximum absolute atomic E-state index is 5.09. The quantitative estimate of drug-likeness (QED) is 0.428. The van der Waals surface area contributed by atoms with Gasteiger partial charge in [0.25, 0.3) is 0 Å². The molecule has 0 N–H and O–H groups in total. The van der Waals surface area contributed by atoms with E-state index in [0.29, 0.717) is 0 Å². The first-order chi connectivity index (χ1) is 14.3. The van der Waals surface area contributed by atoms with Gasteiger partial charge in [0, 0.05) is 12.6 Å². The summed E-state index contributed by atoms with van der Waals surface area (Å²) in [6.07, 6.45) is 14.4. The molecule has 2 aromatic carbocycles. The summed E-state index contributed by atoms with van der Waals surface area (Å²) in [7, 11) is 2.05. The van der Waals surface area contributed by atoms with Crippen molar-refractivity contribution in [2.45, 2.75) is 75.5 Å². The van der Waals surface area contributed by atoms with Crippen molar-refractivity contribution in [3.63, 3.8) is 0 Å². The Hall–Kier alpha value is -1.66. The average molecular weight is 405 g/mol. The monoisotopic (exact) mass is 404 g/mol. The average Bonchev–Trinajstić information content (AvgIpc) is 3.12. The van der Waals surface area contributed by atoms with Crippen LogP contribution in [-0.4, -0.2) is 20.9 Å². The lowest BCUT2D eigenvalue weighted by Crippen LogP contribution is -2.27. The molecule has 1 aromatic heterocycles. The smallest absolute Gasteiger partial charge is 0.141 e. The molecule has 3 aromatic rings. The highest BCUT2D eigenvalue weighted by atomic mass is 31.1. The first kappa shape index (κ1) is 19.3. The van der Waals surface area contributed by atoms with Gasteiger partial charge in [0.05, 0.1) is 11.0 Å². The lowest BCUT2D eigenvalue weighted by atomic mass is 9.99. The van der Waals surface area contributed by atoms with E-state index in [1.807, 2.05) is 0 Å². The molecule has 2 aliphatic rings. The van der Waals surface area contributed by atoms with E-state index in [0.717, 1.165) is 22.7 Å². The van der Waals surface area contributed by atoms with E-state index >= 15 is 0 Å². The van der Waals surface area contributed by atoms with E-state index in [-0.39, 0.29) is 7.92 Å². The molecule has 5 rings (SSSR count). The molecule has 0 saturated heterocycles. The van der Waals surface area contributed by atoms with Crippen molar-refractivity contribution in [2.75, 3.05) is 0 Å². The summed E-state index contributed by atoms with van der Waals surface area (Å²) in [4.78, 5) is 5.09. The number of imidazole rings is 1. The summed E-state index contributed by atoms with van der Waals surface area (Å²) in [6, 6.07) is 17.9. The van der Waals surface area contributed by atoms with Crippen LogP contribution in [0.25, 0.3) is 22.4 Å². The van der Waals surface area contributed by atoms with Crippen LogP contribution in [0.2, 0.25) is 0 Å². The predicted molar refractivity (Wildman–Crippen MR) is 126 cm³/mol. The molecule has 2 fully saturated rings. The van der Waals surface area contributed by atoms with Gasteiger partial charge in [-0.1, -0.05) is 82.8 Å². The Bertz CT molecular complexity index is 946. The molecular weight excluding hydrogens is 371 g/mol. The molecule has 0 amide bonds. The minimum atomic E-state index is -0.132. The number of para-hydroxylation sites is 2. The molecule has 1 heterocycles. The van der Waals surface area contributed by atoms with Crippen molar-refractivity contribution in [1.29, 1.82) is 0 Å². The highest BCUT2D eigenvalue weighted by Gasteiger charge is 2.34. The van der Waals surface area contributed by atoms with E-state index in [2.05, 4.69) is 60.1 Å². The van der Waals surface area contributed by atoms with E-state index in [1.54, 1.807) is 5.30 Å². The Morgan fingerprint density at radius 1 is 0.759 bits per heavy atom. The summed E-state index contributed by atoms with van der Waals surface area (Å²) < 4.78 is 2.31. The van der Waals surface area contributed by atoms with Crippen LogP contribution in [0.1, 0.15) is 64.2 Å². The fraction of sp³-hybridized carbons (Fsp3) is 0.500. The van der Waals surface area contributed by atoms with Gasteiger partial charge < -0.3 is 4.57 Å². The van der Waals surface area contributed by atoms with E-state index in [4.69, 9.17) is 4.98 Å². The van der Waals surface area contributed by atoms with Crippen molar-refractivity contribution in [2.24, 2.45) is 7.05 Å². The van der Waals surface area contributed by atoms with Crippen LogP contribution in [0.3, 0.4) is 0 Å². The van der Waals surface area contributed by atoms with Crippen molar-refractivity contribution in [3.05, 3.63) is 48.5 Å². The van der Waals surface area contributed by atoms with Crippen molar-refractivity contribution in [1.82, 2.24) is 9.55 Å². The van der Waals surface area contributed by atoms with Crippen LogP contribution < -0.4 is 5.30 Å². The second kappa shape index (κ2) is 8.60. The third-order valence-electron chi connectivity index (χ3n) is 7.15. The van der Waals surface area contributed by atoms with Gasteiger partial charge in [-0.05, 0) is 54.4 Å². The van der Waals surface area contributed by atoms with E-state index in [9.17, 15) is 0 Å². The SMILES string of the molecule is Cn1c(-c2ccccc2P(C2CCCCC2)C2CCCCC2)nc2ccccc21. The first-order valence-electron chi connectivity index (χ1n) is 11.6. The van der Waals surface area contributed by atoms with Gasteiger partial charge in [-0.3, -0.25) is 0 Å². The van der Waals surface area contributed by atoms with Crippen LogP contribution in [-0.2, 0) is 7.05 Å². The fourth-order valence-electron chi connectivity index (χ4n) is 5.68. The van der Waals surface area contributed by atoms with E-state index in [1.165, 1.54) is 75.3 Å². The summed E-state index contributed by atoms with van der Waals surface area (Å²) in [6.45, 7) is 0. The highest BCUT2D eigenvalue weighted by molar-refractivity contribution is 7.67. The van der Waals surface area contributed by atoms with Crippen LogP contribution in [0.5, 0.6) is 0 Å². The Morgan fingerprint density at radius 3 is 2.00 bits per heavy atom. The predicted octanol–water partition coefficient (Wildman–Crippen LogP) is 7.01. The maximum atomic E-state index is 5.09. The number of aromatic nitrogens is 2. The van der Waals surface area contributed by atoms with E-state index < -0.39 is 0 Å². The van der Waals surface area contributed by atoms with Crippen LogP contribution in [0, 0.1) is 0 Å². The largest absolute Gasteiger partial charge is 0.327 e. The van der Waals surface area contributed by atoms with Gasteiger partial charge in [-0.25, -0.2) is 4.98 Å². The van der Waals surface area contributed by atoms with Crippen LogP contribution in [0.15, 0.2) is 48.5 Å². The third-order valence-corrected chi connectivity index (χ3v) is 10.7. The molecule has 0 bridgehead atoms. The zero-order chi connectivity index (χ0) is 19.6. The molecule has 152 valence electrons. The number of aryl methyl sites for hydroxylation is 1. The van der Waals surface area contributed by atoms with Crippen LogP contribution in [0.4, 0.5) is 0 Å². The molecule has 0 spiro atoms. The maximum Gasteiger partial charge on any atom is 0.141 e. The summed E-state index contributed by atoms with van der Waals surface area (Å²) in [5.74, 6) is 1.15. The summed E-state index contributed by atoms with van der Waals surface area (Å²) in [5, 5.41) is 1.64. The van der Waals surface area contributed by atoms with Gasteiger partial charge in [0.15, 0.2) is 0 Å². The standard InChI is InChI=1S/C26H33N2P/c1-28-24-18-10-9-17-23(24)27-26(28)22-16-8-11-19-25(22)29(20-12-4-2-5-13-20)21-14-6-3-7-15-21/h8-11,16-21H,2-7,12-15H2,1H3. The van der Waals surface area contributed by atoms with Crippen molar-refractivity contribution < 1.29 is 0 Å². The second-order valence-corrected chi connectivity index (χ2v) is 11.7. The number of hydrogen-bond donors (Lipinski definition) is 0. The Morgan fingerprint density at radius 2 is 1.34 bits per heavy atom. The Labute approximate surface area is 176 Å². The first-order valence-corrected chi connectivity index (χ1v) is 13.1. The third kappa shape index (κ3) is 3.77. The molecule has 0 radical (unpaired) electrons. The zero-order valence-electron chi connectivity index (χ0n) is 17.7. The number of fused-ring (bicyclic) bond motifs is 1. The molecule has 0 aliphatic heterocycles. The Kier molecular flexibility index (Phi) is 5.73. The summed E-state index contributed by atoms with van der Waals surface area (Å²) in [5.41, 5.74) is 5.57. The lowest BCUT2D eigenvalue weighted by Gasteiger charge is -2.39. The number of benzene rings is 2. The molecule has 2 saturated carbocycles. The molecular formula is C26H33N2P.